The third kappa shape index (κ3) is 52.1. The highest BCUT2D eigenvalue weighted by molar-refractivity contribution is 7.80. The second-order valence-electron chi connectivity index (χ2n) is 11.6. The smallest absolute Gasteiger partial charge is 0.314 e. The molecular formula is C43H74N6O2S2. The van der Waals surface area contributed by atoms with Crippen molar-refractivity contribution in [3.63, 3.8) is 0 Å². The number of Topliss-reactive ketones (excluding diaryl/α,β-unsaturated/α-hetero) is 1. The molecule has 0 aliphatic carbocycles. The fourth-order valence-electron chi connectivity index (χ4n) is 2.90. The van der Waals surface area contributed by atoms with Gasteiger partial charge in [-0.05, 0) is 104 Å². The molecule has 2 amide bonds. The topological polar surface area (TPSA) is 100 Å². The lowest BCUT2D eigenvalue weighted by Gasteiger charge is -1.95. The molecule has 4 aromatic rings. The van der Waals surface area contributed by atoms with Crippen LogP contribution < -0.4 is 21.3 Å². The van der Waals surface area contributed by atoms with E-state index in [1.165, 1.54) is 47.2 Å². The van der Waals surface area contributed by atoms with Crippen LogP contribution in [-0.2, 0) is 11.8 Å². The second kappa shape index (κ2) is 40.4. The van der Waals surface area contributed by atoms with Gasteiger partial charge in [0.25, 0.3) is 0 Å². The Morgan fingerprint density at radius 1 is 0.585 bits per heavy atom. The first-order valence-electron chi connectivity index (χ1n) is 16.5. The van der Waals surface area contributed by atoms with Crippen LogP contribution in [-0.4, -0.2) is 59.5 Å². The van der Waals surface area contributed by atoms with E-state index in [9.17, 15) is 9.59 Å². The number of aryl methyl sites for hydroxylation is 8. The molecule has 53 heavy (non-hydrogen) atoms. The third-order valence-electron chi connectivity index (χ3n) is 5.56. The minimum absolute atomic E-state index is 0. The Morgan fingerprint density at radius 2 is 0.925 bits per heavy atom. The lowest BCUT2D eigenvalue weighted by Crippen LogP contribution is -2.28. The molecule has 0 bridgehead atoms. The van der Waals surface area contributed by atoms with Crippen LogP contribution in [0.15, 0.2) is 85.3 Å². The van der Waals surface area contributed by atoms with Gasteiger partial charge in [0.1, 0.15) is 5.78 Å². The van der Waals surface area contributed by atoms with Crippen LogP contribution in [0.3, 0.4) is 0 Å². The molecule has 8 nitrogen and oxygen atoms in total. The first-order valence-corrected chi connectivity index (χ1v) is 17.3. The monoisotopic (exact) mass is 771 g/mol. The molecule has 0 spiro atoms. The van der Waals surface area contributed by atoms with Gasteiger partial charge in [0.15, 0.2) is 5.11 Å². The van der Waals surface area contributed by atoms with Crippen LogP contribution in [0.4, 0.5) is 4.79 Å². The van der Waals surface area contributed by atoms with Gasteiger partial charge >= 0.3 is 6.03 Å². The standard InChI is InChI=1S/3C8H10.C5H8N2.C3H8N2O.C3H8N2S.C3H6O.C3H6S.2CH4/c1-7-3-5-8(2)6-4-7;1-7-4-3-5-8(2)6-7;1-7-5-3-4-6-8(7)2;1-5-3-7(2)4-6-5;2*1-4-3(6)5-2;2*1-3(2)4;;/h3*3-6H,1-2H3;3-4H,1-2H3;2*1-2H3,(H2,4,5,6);2*1-2H3;2*1H4. The number of ketones is 1. The quantitative estimate of drug-likeness (QED) is 0.132. The number of amides is 2. The maximum atomic E-state index is 9.96. The Hall–Kier alpha value is -4.41. The average Bonchev–Trinajstić information content (AvgIpc) is 3.45. The normalized spacial score (nSPS) is 8.00. The SMILES string of the molecule is C.C.CC(C)=O.CC(C)=S.CNC(=O)NC.CNC(=S)NC.Cc1ccc(C)cc1.Cc1cccc(C)c1.Cc1ccccc1C.Cc1cn(C)cn1. The number of carbonyl (C=O) groups excluding carboxylic acids is 2. The van der Waals surface area contributed by atoms with Crippen LogP contribution in [0.25, 0.3) is 0 Å². The molecule has 3 aromatic carbocycles. The Bertz CT molecular complexity index is 1360. The van der Waals surface area contributed by atoms with E-state index in [0.29, 0.717) is 5.11 Å². The molecule has 300 valence electrons. The van der Waals surface area contributed by atoms with Crippen molar-refractivity contribution in [1.82, 2.24) is 30.8 Å². The number of aromatic nitrogens is 2. The molecule has 1 heterocycles. The van der Waals surface area contributed by atoms with E-state index < -0.39 is 0 Å². The summed E-state index contributed by atoms with van der Waals surface area (Å²) in [7, 11) is 8.65. The summed E-state index contributed by atoms with van der Waals surface area (Å²) in [4.78, 5) is 24.4. The summed E-state index contributed by atoms with van der Waals surface area (Å²) in [5, 5.41) is 10.9. The largest absolute Gasteiger partial charge is 0.366 e. The maximum absolute atomic E-state index is 9.96. The number of urea groups is 1. The summed E-state index contributed by atoms with van der Waals surface area (Å²) in [6, 6.07) is 25.1. The zero-order valence-electron chi connectivity index (χ0n) is 34.1. The molecule has 0 fully saturated rings. The number of hydrogen-bond donors (Lipinski definition) is 4. The molecular weight excluding hydrogens is 697 g/mol. The van der Waals surface area contributed by atoms with Crippen molar-refractivity contribution in [2.45, 2.75) is 91.0 Å². The van der Waals surface area contributed by atoms with Crippen LogP contribution in [0.1, 0.15) is 81.6 Å². The highest BCUT2D eigenvalue weighted by Gasteiger charge is 1.85. The van der Waals surface area contributed by atoms with Crippen LogP contribution in [0.2, 0.25) is 0 Å². The number of benzene rings is 3. The van der Waals surface area contributed by atoms with Crippen molar-refractivity contribution in [2.24, 2.45) is 7.05 Å². The Labute approximate surface area is 336 Å². The number of carbonyl (C=O) groups is 2. The molecule has 0 unspecified atom stereocenters. The molecule has 0 saturated carbocycles. The Kier molecular flexibility index (Phi) is 46.2. The number of nitrogens with one attached hydrogen (secondary N) is 4. The Morgan fingerprint density at radius 3 is 1.06 bits per heavy atom. The fraction of sp³-hybridized carbons (Fsp3) is 0.419. The summed E-state index contributed by atoms with van der Waals surface area (Å²) in [5.41, 5.74) is 9.14. The van der Waals surface area contributed by atoms with Gasteiger partial charge in [-0.3, -0.25) is 0 Å². The van der Waals surface area contributed by atoms with Gasteiger partial charge in [-0.25, -0.2) is 9.78 Å². The van der Waals surface area contributed by atoms with Crippen molar-refractivity contribution in [3.05, 3.63) is 124 Å². The highest BCUT2D eigenvalue weighted by Crippen LogP contribution is 2.03. The van der Waals surface area contributed by atoms with E-state index in [1.807, 2.05) is 38.6 Å². The summed E-state index contributed by atoms with van der Waals surface area (Å²) in [6.45, 7) is 21.5. The lowest BCUT2D eigenvalue weighted by atomic mass is 10.1. The number of thiocarbonyl (C=S) groups is 2. The first kappa shape index (κ1) is 60.7. The van der Waals surface area contributed by atoms with Gasteiger partial charge in [-0.15, -0.1) is 0 Å². The minimum atomic E-state index is -0.157. The molecule has 0 aliphatic rings. The zero-order valence-corrected chi connectivity index (χ0v) is 35.7. The van der Waals surface area contributed by atoms with Crippen LogP contribution in [0.5, 0.6) is 0 Å². The van der Waals surface area contributed by atoms with Gasteiger partial charge in [-0.2, -0.15) is 0 Å². The number of nitrogens with zero attached hydrogens (tertiary/aromatic N) is 2. The van der Waals surface area contributed by atoms with Crippen molar-refractivity contribution in [3.8, 4) is 0 Å². The zero-order chi connectivity index (χ0) is 40.4. The Balaban J connectivity index is -0.000000120. The number of imidazole rings is 1. The second-order valence-corrected chi connectivity index (χ2v) is 12.8. The number of hydrogen-bond acceptors (Lipinski definition) is 5. The fourth-order valence-corrected chi connectivity index (χ4v) is 2.90. The summed E-state index contributed by atoms with van der Waals surface area (Å²) < 4.78 is 1.93. The molecule has 0 aliphatic heterocycles. The number of rotatable bonds is 0. The third-order valence-corrected chi connectivity index (χ3v) is 5.97. The van der Waals surface area contributed by atoms with E-state index in [1.54, 1.807) is 34.5 Å². The van der Waals surface area contributed by atoms with Crippen molar-refractivity contribution < 1.29 is 9.59 Å². The van der Waals surface area contributed by atoms with Gasteiger partial charge in [0.2, 0.25) is 0 Å². The molecule has 4 rings (SSSR count). The molecule has 10 heteroatoms. The van der Waals surface area contributed by atoms with E-state index in [-0.39, 0.29) is 26.7 Å². The first-order chi connectivity index (χ1) is 23.7. The average molecular weight is 771 g/mol. The summed E-state index contributed by atoms with van der Waals surface area (Å²) in [6.07, 6.45) is 3.76. The molecule has 1 aromatic heterocycles. The van der Waals surface area contributed by atoms with Gasteiger partial charge in [0.05, 0.1) is 12.0 Å². The molecule has 0 saturated heterocycles. The van der Waals surface area contributed by atoms with Gasteiger partial charge in [-0.1, -0.05) is 122 Å². The van der Waals surface area contributed by atoms with Crippen molar-refractivity contribution >= 4 is 46.2 Å². The van der Waals surface area contributed by atoms with E-state index in [0.717, 1.165) is 10.6 Å². The summed E-state index contributed by atoms with van der Waals surface area (Å²) >= 11 is 9.17. The molecule has 0 radical (unpaired) electrons. The van der Waals surface area contributed by atoms with E-state index >= 15 is 0 Å². The highest BCUT2D eigenvalue weighted by atomic mass is 32.1. The lowest BCUT2D eigenvalue weighted by molar-refractivity contribution is -0.115. The molecule has 4 N–H and O–H groups in total. The van der Waals surface area contributed by atoms with E-state index in [2.05, 4.69) is 165 Å². The maximum Gasteiger partial charge on any atom is 0.314 e. The summed E-state index contributed by atoms with van der Waals surface area (Å²) in [5.74, 6) is 0.167. The van der Waals surface area contributed by atoms with Gasteiger partial charge < -0.3 is 30.6 Å². The predicted octanol–water partition coefficient (Wildman–Crippen LogP) is 10.2. The molecule has 0 atom stereocenters. The van der Waals surface area contributed by atoms with Crippen molar-refractivity contribution in [1.29, 1.82) is 0 Å². The van der Waals surface area contributed by atoms with Crippen molar-refractivity contribution in [2.75, 3.05) is 28.2 Å². The minimum Gasteiger partial charge on any atom is -0.366 e. The van der Waals surface area contributed by atoms with E-state index in [4.69, 9.17) is 0 Å². The van der Waals surface area contributed by atoms with Crippen LogP contribution in [0, 0.1) is 48.5 Å². The van der Waals surface area contributed by atoms with Gasteiger partial charge in [0, 0.05) is 41.4 Å². The van der Waals surface area contributed by atoms with Crippen LogP contribution >= 0.6 is 24.4 Å². The predicted molar refractivity (Wildman–Crippen MR) is 244 cm³/mol.